The minimum Gasteiger partial charge on any atom is -0.379 e. The van der Waals surface area contributed by atoms with Crippen LogP contribution in [0, 0.1) is 5.92 Å². The number of amides is 1. The van der Waals surface area contributed by atoms with Gasteiger partial charge in [-0.05, 0) is 6.42 Å². The van der Waals surface area contributed by atoms with E-state index in [-0.39, 0.29) is 5.54 Å². The standard InChI is InChI=1S/C6H8NO2/c8-4-7-6-1-5(6)2-9-3-6/h5H,1-3H2,(H,7,8). The first-order valence-electron chi connectivity index (χ1n) is 3.09. The van der Waals surface area contributed by atoms with Gasteiger partial charge >= 0.3 is 6.41 Å². The lowest BCUT2D eigenvalue weighted by Gasteiger charge is -2.05. The van der Waals surface area contributed by atoms with Crippen LogP contribution in [0.3, 0.4) is 0 Å². The average Bonchev–Trinajstić information content (AvgIpc) is 2.37. The molecular weight excluding hydrogens is 118 g/mol. The van der Waals surface area contributed by atoms with Crippen LogP contribution in [0.2, 0.25) is 0 Å². The fourth-order valence-corrected chi connectivity index (χ4v) is 1.45. The minimum atomic E-state index is 0.0156. The molecule has 0 aromatic carbocycles. The maximum atomic E-state index is 9.90. The summed E-state index contributed by atoms with van der Waals surface area (Å²) in [4.78, 5) is 9.90. The van der Waals surface area contributed by atoms with E-state index in [0.29, 0.717) is 12.5 Å². The third kappa shape index (κ3) is 0.580. The molecule has 0 aromatic rings. The Kier molecular flexibility index (Phi) is 0.858. The van der Waals surface area contributed by atoms with Crippen LogP contribution in [0.25, 0.3) is 0 Å². The highest BCUT2D eigenvalue weighted by molar-refractivity contribution is 5.51. The van der Waals surface area contributed by atoms with Crippen LogP contribution in [-0.4, -0.2) is 25.2 Å². The topological polar surface area (TPSA) is 38.3 Å². The van der Waals surface area contributed by atoms with E-state index in [1.807, 2.05) is 0 Å². The van der Waals surface area contributed by atoms with Crippen LogP contribution in [0.5, 0.6) is 0 Å². The summed E-state index contributed by atoms with van der Waals surface area (Å²) in [6.07, 6.45) is 2.80. The first-order valence-corrected chi connectivity index (χ1v) is 3.09. The Morgan fingerprint density at radius 2 is 2.67 bits per heavy atom. The zero-order chi connectivity index (χ0) is 6.32. The molecule has 1 aliphatic heterocycles. The van der Waals surface area contributed by atoms with Gasteiger partial charge < -0.3 is 10.1 Å². The average molecular weight is 126 g/mol. The smallest absolute Gasteiger partial charge is 0.309 e. The third-order valence-electron chi connectivity index (χ3n) is 2.21. The van der Waals surface area contributed by atoms with Gasteiger partial charge in [-0.3, -0.25) is 4.79 Å². The van der Waals surface area contributed by atoms with Crippen molar-refractivity contribution in [3.05, 3.63) is 0 Å². The number of hydrogen-bond acceptors (Lipinski definition) is 2. The lowest BCUT2D eigenvalue weighted by atomic mass is 10.3. The van der Waals surface area contributed by atoms with Gasteiger partial charge in [-0.15, -0.1) is 0 Å². The summed E-state index contributed by atoms with van der Waals surface area (Å²) in [6, 6.07) is 0. The van der Waals surface area contributed by atoms with Crippen LogP contribution < -0.4 is 5.32 Å². The Morgan fingerprint density at radius 1 is 1.78 bits per heavy atom. The Morgan fingerprint density at radius 3 is 3.11 bits per heavy atom. The Hall–Kier alpha value is -0.570. The molecule has 0 spiro atoms. The molecule has 9 heavy (non-hydrogen) atoms. The molecule has 1 heterocycles. The zero-order valence-electron chi connectivity index (χ0n) is 5.02. The predicted molar refractivity (Wildman–Crippen MR) is 30.5 cm³/mol. The SMILES string of the molecule is O=[C]NC12COCC1C2. The second-order valence-corrected chi connectivity index (χ2v) is 2.80. The van der Waals surface area contributed by atoms with E-state index in [2.05, 4.69) is 5.32 Å². The van der Waals surface area contributed by atoms with Gasteiger partial charge in [0.25, 0.3) is 0 Å². The quantitative estimate of drug-likeness (QED) is 0.503. The summed E-state index contributed by atoms with van der Waals surface area (Å²) in [5.74, 6) is 0.582. The summed E-state index contributed by atoms with van der Waals surface area (Å²) < 4.78 is 5.12. The summed E-state index contributed by atoms with van der Waals surface area (Å²) in [5.41, 5.74) is 0.0156. The molecule has 2 atom stereocenters. The van der Waals surface area contributed by atoms with Crippen LogP contribution in [-0.2, 0) is 9.53 Å². The number of nitrogens with one attached hydrogen (secondary N) is 1. The van der Waals surface area contributed by atoms with Crippen molar-refractivity contribution in [1.29, 1.82) is 0 Å². The van der Waals surface area contributed by atoms with E-state index < -0.39 is 0 Å². The van der Waals surface area contributed by atoms with E-state index in [1.54, 1.807) is 6.41 Å². The van der Waals surface area contributed by atoms with Crippen molar-refractivity contribution in [2.45, 2.75) is 12.0 Å². The molecule has 1 N–H and O–H groups in total. The van der Waals surface area contributed by atoms with Crippen molar-refractivity contribution in [2.24, 2.45) is 5.92 Å². The summed E-state index contributed by atoms with van der Waals surface area (Å²) in [5, 5.41) is 2.66. The number of carbonyl (C=O) groups excluding carboxylic acids is 1. The predicted octanol–water partition coefficient (Wildman–Crippen LogP) is -0.568. The molecule has 1 saturated carbocycles. The van der Waals surface area contributed by atoms with Gasteiger partial charge in [-0.1, -0.05) is 0 Å². The molecule has 2 rings (SSSR count). The van der Waals surface area contributed by atoms with Crippen LogP contribution in [0.15, 0.2) is 0 Å². The van der Waals surface area contributed by atoms with E-state index in [4.69, 9.17) is 4.74 Å². The zero-order valence-corrected chi connectivity index (χ0v) is 5.02. The maximum Gasteiger partial charge on any atom is 0.309 e. The molecule has 0 aromatic heterocycles. The highest BCUT2D eigenvalue weighted by atomic mass is 16.5. The van der Waals surface area contributed by atoms with Crippen molar-refractivity contribution in [3.63, 3.8) is 0 Å². The molecule has 1 radical (unpaired) electrons. The van der Waals surface area contributed by atoms with Gasteiger partial charge in [0.05, 0.1) is 18.8 Å². The molecular formula is C6H8NO2. The number of fused-ring (bicyclic) bond motifs is 1. The molecule has 1 amide bonds. The summed E-state index contributed by atoms with van der Waals surface area (Å²) in [6.45, 7) is 1.50. The fourth-order valence-electron chi connectivity index (χ4n) is 1.45. The number of rotatable bonds is 2. The Labute approximate surface area is 53.4 Å². The van der Waals surface area contributed by atoms with Crippen LogP contribution in [0.4, 0.5) is 0 Å². The largest absolute Gasteiger partial charge is 0.379 e. The lowest BCUT2D eigenvalue weighted by molar-refractivity contribution is 0.157. The van der Waals surface area contributed by atoms with Gasteiger partial charge in [-0.2, -0.15) is 0 Å². The van der Waals surface area contributed by atoms with Crippen molar-refractivity contribution in [3.8, 4) is 0 Å². The monoisotopic (exact) mass is 126 g/mol. The first-order chi connectivity index (χ1) is 4.37. The molecule has 3 nitrogen and oxygen atoms in total. The molecule has 1 aliphatic carbocycles. The first kappa shape index (κ1) is 5.23. The number of hydrogen-bond donors (Lipinski definition) is 1. The van der Waals surface area contributed by atoms with Gasteiger partial charge in [0, 0.05) is 5.92 Å². The van der Waals surface area contributed by atoms with E-state index in [9.17, 15) is 4.79 Å². The van der Waals surface area contributed by atoms with Gasteiger partial charge in [0.15, 0.2) is 0 Å². The number of ether oxygens (including phenoxy) is 1. The normalized spacial score (nSPS) is 46.0. The van der Waals surface area contributed by atoms with Gasteiger partial charge in [-0.25, -0.2) is 0 Å². The molecule has 0 bridgehead atoms. The third-order valence-corrected chi connectivity index (χ3v) is 2.21. The van der Waals surface area contributed by atoms with Crippen LogP contribution >= 0.6 is 0 Å². The van der Waals surface area contributed by atoms with Crippen molar-refractivity contribution >= 4 is 6.41 Å². The molecule has 2 aliphatic rings. The lowest BCUT2D eigenvalue weighted by Crippen LogP contribution is -2.33. The van der Waals surface area contributed by atoms with E-state index in [1.165, 1.54) is 0 Å². The Bertz CT molecular complexity index is 148. The molecule has 1 saturated heterocycles. The Balaban J connectivity index is 2.02. The molecule has 2 unspecified atom stereocenters. The highest BCUT2D eigenvalue weighted by Gasteiger charge is 2.58. The molecule has 2 fully saturated rings. The molecule has 3 heteroatoms. The second kappa shape index (κ2) is 1.48. The summed E-state index contributed by atoms with van der Waals surface area (Å²) >= 11 is 0. The van der Waals surface area contributed by atoms with E-state index >= 15 is 0 Å². The van der Waals surface area contributed by atoms with Gasteiger partial charge in [0.2, 0.25) is 0 Å². The highest BCUT2D eigenvalue weighted by Crippen LogP contribution is 2.47. The minimum absolute atomic E-state index is 0.0156. The van der Waals surface area contributed by atoms with Crippen molar-refractivity contribution < 1.29 is 9.53 Å². The van der Waals surface area contributed by atoms with E-state index in [0.717, 1.165) is 13.0 Å². The van der Waals surface area contributed by atoms with Gasteiger partial charge in [0.1, 0.15) is 0 Å². The maximum absolute atomic E-state index is 9.90. The molecule has 49 valence electrons. The second-order valence-electron chi connectivity index (χ2n) is 2.80. The van der Waals surface area contributed by atoms with Crippen molar-refractivity contribution in [1.82, 2.24) is 5.32 Å². The summed E-state index contributed by atoms with van der Waals surface area (Å²) in [7, 11) is 0. The van der Waals surface area contributed by atoms with Crippen LogP contribution in [0.1, 0.15) is 6.42 Å². The fraction of sp³-hybridized carbons (Fsp3) is 0.833. The van der Waals surface area contributed by atoms with Crippen molar-refractivity contribution in [2.75, 3.05) is 13.2 Å².